The summed E-state index contributed by atoms with van der Waals surface area (Å²) < 4.78 is 10.9. The maximum Gasteiger partial charge on any atom is 0.141 e. The molecule has 1 heterocycles. The fourth-order valence-electron chi connectivity index (χ4n) is 2.52. The molecule has 1 aromatic carbocycles. The number of nitrogens with two attached hydrogens (primary N) is 1. The van der Waals surface area contributed by atoms with Crippen molar-refractivity contribution in [3.8, 4) is 5.75 Å². The Balaban J connectivity index is 1.95. The van der Waals surface area contributed by atoms with Crippen LogP contribution in [0.2, 0.25) is 0 Å². The van der Waals surface area contributed by atoms with Crippen LogP contribution < -0.4 is 10.5 Å². The Morgan fingerprint density at radius 1 is 1.47 bits per heavy atom. The van der Waals surface area contributed by atoms with Crippen LogP contribution in [-0.4, -0.2) is 37.8 Å². The molecule has 0 aromatic heterocycles. The fraction of sp³-hybridized carbons (Fsp3) is 0.600. The van der Waals surface area contributed by atoms with Crippen LogP contribution in [0.25, 0.3) is 0 Å². The summed E-state index contributed by atoms with van der Waals surface area (Å²) in [6, 6.07) is 6.01. The van der Waals surface area contributed by atoms with Gasteiger partial charge in [-0.05, 0) is 37.1 Å². The summed E-state index contributed by atoms with van der Waals surface area (Å²) in [4.78, 5) is 2.40. The summed E-state index contributed by atoms with van der Waals surface area (Å²) in [6.07, 6.45) is 2.77. The summed E-state index contributed by atoms with van der Waals surface area (Å²) >= 11 is 0. The van der Waals surface area contributed by atoms with Crippen LogP contribution in [0.15, 0.2) is 18.2 Å². The lowest BCUT2D eigenvalue weighted by molar-refractivity contribution is 0.0725. The molecule has 2 rings (SSSR count). The van der Waals surface area contributed by atoms with Gasteiger partial charge in [0.15, 0.2) is 0 Å². The molecule has 1 saturated heterocycles. The number of ether oxygens (including phenoxy) is 2. The Labute approximate surface area is 115 Å². The summed E-state index contributed by atoms with van der Waals surface area (Å²) in [5, 5.41) is 0. The van der Waals surface area contributed by atoms with Gasteiger partial charge in [-0.15, -0.1) is 0 Å². The summed E-state index contributed by atoms with van der Waals surface area (Å²) in [7, 11) is 1.64. The normalized spacial score (nSPS) is 19.0. The van der Waals surface area contributed by atoms with Crippen molar-refractivity contribution in [3.63, 3.8) is 0 Å². The van der Waals surface area contributed by atoms with E-state index in [4.69, 9.17) is 15.2 Å². The second-order valence-electron chi connectivity index (χ2n) is 5.04. The van der Waals surface area contributed by atoms with Gasteiger partial charge in [-0.25, -0.2) is 0 Å². The molecule has 1 aromatic rings. The van der Waals surface area contributed by atoms with Crippen LogP contribution in [0, 0.1) is 0 Å². The molecule has 0 amide bonds. The van der Waals surface area contributed by atoms with Gasteiger partial charge < -0.3 is 15.2 Å². The van der Waals surface area contributed by atoms with Crippen LogP contribution in [0.5, 0.6) is 5.75 Å². The molecular weight excluding hydrogens is 240 g/mol. The van der Waals surface area contributed by atoms with E-state index in [1.165, 1.54) is 18.4 Å². The van der Waals surface area contributed by atoms with E-state index in [1.54, 1.807) is 7.11 Å². The molecule has 0 bridgehead atoms. The van der Waals surface area contributed by atoms with Crippen LogP contribution in [0.4, 0.5) is 5.69 Å². The lowest BCUT2D eigenvalue weighted by Gasteiger charge is -2.24. The van der Waals surface area contributed by atoms with Crippen molar-refractivity contribution >= 4 is 5.69 Å². The fourth-order valence-corrected chi connectivity index (χ4v) is 2.52. The topological polar surface area (TPSA) is 47.7 Å². The number of benzene rings is 1. The van der Waals surface area contributed by atoms with Crippen LogP contribution >= 0.6 is 0 Å². The summed E-state index contributed by atoms with van der Waals surface area (Å²) in [5.74, 6) is 0.742. The third-order valence-corrected chi connectivity index (χ3v) is 3.63. The van der Waals surface area contributed by atoms with Gasteiger partial charge in [0.1, 0.15) is 5.75 Å². The van der Waals surface area contributed by atoms with Gasteiger partial charge in [-0.2, -0.15) is 0 Å². The first-order valence-electron chi connectivity index (χ1n) is 6.99. The monoisotopic (exact) mass is 264 g/mol. The highest BCUT2D eigenvalue weighted by Gasteiger charge is 2.18. The minimum Gasteiger partial charge on any atom is -0.495 e. The summed E-state index contributed by atoms with van der Waals surface area (Å²) in [5.41, 5.74) is 7.87. The Morgan fingerprint density at radius 3 is 2.89 bits per heavy atom. The zero-order valence-corrected chi connectivity index (χ0v) is 11.9. The van der Waals surface area contributed by atoms with E-state index >= 15 is 0 Å². The lowest BCUT2D eigenvalue weighted by Crippen LogP contribution is -2.31. The van der Waals surface area contributed by atoms with Crippen LogP contribution in [-0.2, 0) is 11.3 Å². The Hall–Kier alpha value is -1.26. The van der Waals surface area contributed by atoms with Crippen LogP contribution in [0.1, 0.15) is 25.3 Å². The quantitative estimate of drug-likeness (QED) is 0.801. The third kappa shape index (κ3) is 3.85. The van der Waals surface area contributed by atoms with Crippen LogP contribution in [0.3, 0.4) is 0 Å². The first kappa shape index (κ1) is 14.2. The molecule has 106 valence electrons. The molecule has 1 aliphatic rings. The molecule has 1 fully saturated rings. The van der Waals surface area contributed by atoms with E-state index in [0.717, 1.165) is 32.0 Å². The molecule has 0 saturated carbocycles. The van der Waals surface area contributed by atoms with E-state index in [2.05, 4.69) is 17.9 Å². The van der Waals surface area contributed by atoms with Gasteiger partial charge in [-0.1, -0.05) is 13.0 Å². The average molecular weight is 264 g/mol. The van der Waals surface area contributed by atoms with Crippen molar-refractivity contribution in [2.75, 3.05) is 32.5 Å². The number of methoxy groups -OCH3 is 1. The van der Waals surface area contributed by atoms with Crippen molar-refractivity contribution in [1.29, 1.82) is 0 Å². The molecule has 1 aliphatic heterocycles. The standard InChI is InChI=1S/C15H24N2O2/c1-3-17(11-13-5-4-8-19-13)10-12-6-7-15(18-2)14(16)9-12/h6-7,9,13H,3-5,8,10-11,16H2,1-2H3. The molecule has 19 heavy (non-hydrogen) atoms. The van der Waals surface area contributed by atoms with Gasteiger partial charge >= 0.3 is 0 Å². The molecule has 4 nitrogen and oxygen atoms in total. The van der Waals surface area contributed by atoms with Crippen molar-refractivity contribution in [2.45, 2.75) is 32.4 Å². The van der Waals surface area contributed by atoms with Crippen molar-refractivity contribution < 1.29 is 9.47 Å². The van der Waals surface area contributed by atoms with E-state index < -0.39 is 0 Å². The maximum atomic E-state index is 5.94. The van der Waals surface area contributed by atoms with Gasteiger partial charge in [0.05, 0.1) is 18.9 Å². The van der Waals surface area contributed by atoms with Gasteiger partial charge in [0, 0.05) is 19.7 Å². The Bertz CT molecular complexity index is 403. The van der Waals surface area contributed by atoms with Crippen molar-refractivity contribution in [1.82, 2.24) is 4.90 Å². The SMILES string of the molecule is CCN(Cc1ccc(OC)c(N)c1)CC1CCCO1. The lowest BCUT2D eigenvalue weighted by atomic mass is 10.1. The zero-order valence-electron chi connectivity index (χ0n) is 11.9. The van der Waals surface area contributed by atoms with Gasteiger partial charge in [0.25, 0.3) is 0 Å². The predicted octanol–water partition coefficient (Wildman–Crippen LogP) is 2.28. The highest BCUT2D eigenvalue weighted by Crippen LogP contribution is 2.23. The molecule has 1 unspecified atom stereocenters. The average Bonchev–Trinajstić information content (AvgIpc) is 2.91. The van der Waals surface area contributed by atoms with E-state index in [1.807, 2.05) is 12.1 Å². The largest absolute Gasteiger partial charge is 0.495 e. The minimum absolute atomic E-state index is 0.399. The number of nitrogen functional groups attached to an aromatic ring is 1. The van der Waals surface area contributed by atoms with E-state index in [9.17, 15) is 0 Å². The highest BCUT2D eigenvalue weighted by molar-refractivity contribution is 5.54. The number of hydrogen-bond acceptors (Lipinski definition) is 4. The second-order valence-corrected chi connectivity index (χ2v) is 5.04. The molecule has 1 atom stereocenters. The van der Waals surface area contributed by atoms with Gasteiger partial charge in [-0.3, -0.25) is 4.90 Å². The number of likely N-dealkylation sites (N-methyl/N-ethyl adjacent to an activating group) is 1. The number of rotatable bonds is 6. The Morgan fingerprint density at radius 2 is 2.32 bits per heavy atom. The maximum absolute atomic E-state index is 5.94. The predicted molar refractivity (Wildman–Crippen MR) is 77.3 cm³/mol. The highest BCUT2D eigenvalue weighted by atomic mass is 16.5. The number of nitrogens with zero attached hydrogens (tertiary/aromatic N) is 1. The van der Waals surface area contributed by atoms with Crippen molar-refractivity contribution in [2.24, 2.45) is 0 Å². The number of anilines is 1. The van der Waals surface area contributed by atoms with E-state index in [-0.39, 0.29) is 0 Å². The van der Waals surface area contributed by atoms with Crippen molar-refractivity contribution in [3.05, 3.63) is 23.8 Å². The first-order chi connectivity index (χ1) is 9.22. The zero-order chi connectivity index (χ0) is 13.7. The smallest absolute Gasteiger partial charge is 0.141 e. The summed E-state index contributed by atoms with van der Waals surface area (Å²) in [6.45, 7) is 6.03. The van der Waals surface area contributed by atoms with Gasteiger partial charge in [0.2, 0.25) is 0 Å². The minimum atomic E-state index is 0.399. The Kier molecular flexibility index (Phi) is 5.05. The molecule has 4 heteroatoms. The molecule has 0 radical (unpaired) electrons. The van der Waals surface area contributed by atoms with E-state index in [0.29, 0.717) is 11.8 Å². The second kappa shape index (κ2) is 6.78. The first-order valence-corrected chi connectivity index (χ1v) is 6.99. The third-order valence-electron chi connectivity index (χ3n) is 3.63. The molecule has 0 aliphatic carbocycles. The molecular formula is C15H24N2O2. The number of hydrogen-bond donors (Lipinski definition) is 1. The molecule has 0 spiro atoms. The molecule has 2 N–H and O–H groups in total.